The summed E-state index contributed by atoms with van der Waals surface area (Å²) in [7, 11) is 0. The fraction of sp³-hybridized carbons (Fsp3) is 0.588. The second-order valence-electron chi connectivity index (χ2n) is 6.92. The molecule has 1 fully saturated rings. The quantitative estimate of drug-likeness (QED) is 0.282. The number of nitrogens with zero attached hydrogens (tertiary/aromatic N) is 5. The highest BCUT2D eigenvalue weighted by Crippen LogP contribution is 2.28. The maximum absolute atomic E-state index is 12.2. The van der Waals surface area contributed by atoms with Crippen molar-refractivity contribution in [2.45, 2.75) is 19.1 Å². The number of nitro groups is 1. The van der Waals surface area contributed by atoms with E-state index < -0.39 is 17.7 Å². The lowest BCUT2D eigenvalue weighted by molar-refractivity contribution is -0.434. The molecule has 0 spiro atoms. The van der Waals surface area contributed by atoms with Crippen molar-refractivity contribution in [2.24, 2.45) is 0 Å². The van der Waals surface area contributed by atoms with Crippen molar-refractivity contribution in [1.29, 1.82) is 0 Å². The number of ether oxygens (including phenoxy) is 1. The number of halogens is 4. The molecule has 1 saturated heterocycles. The molecular formula is C17H21ClF3N5O3. The number of fused-ring (bicyclic) bond motifs is 1. The molecular weight excluding hydrogens is 415 g/mol. The van der Waals surface area contributed by atoms with Crippen molar-refractivity contribution in [3.63, 3.8) is 0 Å². The molecule has 0 saturated carbocycles. The SMILES string of the molecule is O=[N+]([O-])C1=C2N(Cc3ccc(Cl)nc3)CCCN2CN(CCOCC(F)(F)F)C1. The van der Waals surface area contributed by atoms with E-state index in [-0.39, 0.29) is 25.4 Å². The van der Waals surface area contributed by atoms with E-state index in [0.29, 0.717) is 37.3 Å². The van der Waals surface area contributed by atoms with E-state index in [4.69, 9.17) is 11.6 Å². The Hall–Kier alpha value is -2.11. The Morgan fingerprint density at radius 3 is 2.76 bits per heavy atom. The summed E-state index contributed by atoms with van der Waals surface area (Å²) < 4.78 is 41.2. The van der Waals surface area contributed by atoms with Crippen LogP contribution in [0.25, 0.3) is 0 Å². The van der Waals surface area contributed by atoms with Gasteiger partial charge in [-0.05, 0) is 18.1 Å². The van der Waals surface area contributed by atoms with Crippen LogP contribution in [-0.4, -0.2) is 76.8 Å². The van der Waals surface area contributed by atoms with Crippen molar-refractivity contribution < 1.29 is 22.8 Å². The maximum atomic E-state index is 12.2. The molecule has 8 nitrogen and oxygen atoms in total. The molecule has 0 aromatic carbocycles. The third kappa shape index (κ3) is 5.94. The van der Waals surface area contributed by atoms with Crippen LogP contribution in [0.3, 0.4) is 0 Å². The summed E-state index contributed by atoms with van der Waals surface area (Å²) in [4.78, 5) is 20.9. The van der Waals surface area contributed by atoms with E-state index in [1.165, 1.54) is 0 Å². The van der Waals surface area contributed by atoms with Crippen LogP contribution in [-0.2, 0) is 11.3 Å². The fourth-order valence-electron chi connectivity index (χ4n) is 3.49. The monoisotopic (exact) mass is 435 g/mol. The van der Waals surface area contributed by atoms with E-state index in [1.54, 1.807) is 17.2 Å². The second kappa shape index (κ2) is 9.14. The summed E-state index contributed by atoms with van der Waals surface area (Å²) in [5.41, 5.74) is 0.920. The Morgan fingerprint density at radius 2 is 2.10 bits per heavy atom. The first-order valence-electron chi connectivity index (χ1n) is 9.07. The molecule has 1 aromatic rings. The Morgan fingerprint density at radius 1 is 1.31 bits per heavy atom. The summed E-state index contributed by atoms with van der Waals surface area (Å²) in [6.45, 7) is 0.925. The van der Waals surface area contributed by atoms with E-state index in [0.717, 1.165) is 12.0 Å². The first kappa shape index (κ1) is 21.6. The number of pyridine rings is 1. The third-order valence-corrected chi connectivity index (χ3v) is 4.88. The van der Waals surface area contributed by atoms with Gasteiger partial charge in [-0.2, -0.15) is 13.2 Å². The van der Waals surface area contributed by atoms with Gasteiger partial charge in [0.25, 0.3) is 5.70 Å². The van der Waals surface area contributed by atoms with Crippen LogP contribution >= 0.6 is 11.6 Å². The highest BCUT2D eigenvalue weighted by Gasteiger charge is 2.37. The van der Waals surface area contributed by atoms with Gasteiger partial charge >= 0.3 is 6.18 Å². The van der Waals surface area contributed by atoms with Crippen molar-refractivity contribution in [2.75, 3.05) is 46.1 Å². The van der Waals surface area contributed by atoms with Gasteiger partial charge in [0.1, 0.15) is 11.8 Å². The Bertz CT molecular complexity index is 760. The molecule has 1 aromatic heterocycles. The molecule has 12 heteroatoms. The summed E-state index contributed by atoms with van der Waals surface area (Å²) in [6, 6.07) is 3.50. The number of rotatable bonds is 7. The first-order valence-corrected chi connectivity index (χ1v) is 9.45. The van der Waals surface area contributed by atoms with Crippen LogP contribution in [0.5, 0.6) is 0 Å². The molecule has 0 bridgehead atoms. The largest absolute Gasteiger partial charge is 0.411 e. The third-order valence-electron chi connectivity index (χ3n) is 4.66. The first-order chi connectivity index (χ1) is 13.7. The van der Waals surface area contributed by atoms with Crippen LogP contribution in [0.2, 0.25) is 5.15 Å². The minimum atomic E-state index is -4.38. The standard InChI is InChI=1S/C17H21ClF3N5O3/c18-15-3-2-13(8-22-15)9-24-4-1-5-25-12-23(6-7-29-11-17(19,20)21)10-14(16(24)25)26(27)28/h2-3,8H,1,4-7,9-12H2. The molecule has 29 heavy (non-hydrogen) atoms. The number of alkyl halides is 3. The lowest BCUT2D eigenvalue weighted by Crippen LogP contribution is -2.53. The maximum Gasteiger partial charge on any atom is 0.411 e. The summed E-state index contributed by atoms with van der Waals surface area (Å²) in [6.07, 6.45) is -1.93. The molecule has 3 rings (SSSR count). The van der Waals surface area contributed by atoms with E-state index in [2.05, 4.69) is 9.72 Å². The van der Waals surface area contributed by atoms with E-state index in [9.17, 15) is 23.3 Å². The van der Waals surface area contributed by atoms with Crippen LogP contribution in [0.15, 0.2) is 29.8 Å². The van der Waals surface area contributed by atoms with Crippen molar-refractivity contribution >= 4 is 11.6 Å². The van der Waals surface area contributed by atoms with E-state index in [1.807, 2.05) is 15.9 Å². The minimum absolute atomic E-state index is 0.0358. The fourth-order valence-corrected chi connectivity index (χ4v) is 3.60. The van der Waals surface area contributed by atoms with Gasteiger partial charge in [-0.15, -0.1) is 0 Å². The van der Waals surface area contributed by atoms with Gasteiger partial charge in [0, 0.05) is 32.4 Å². The molecule has 0 aliphatic carbocycles. The van der Waals surface area contributed by atoms with Gasteiger partial charge in [-0.3, -0.25) is 15.0 Å². The predicted molar refractivity (Wildman–Crippen MR) is 98.3 cm³/mol. The predicted octanol–water partition coefficient (Wildman–Crippen LogP) is 2.54. The van der Waals surface area contributed by atoms with Gasteiger partial charge in [0.2, 0.25) is 0 Å². The average molecular weight is 436 g/mol. The molecule has 0 amide bonds. The molecule has 2 aliphatic heterocycles. The summed E-state index contributed by atoms with van der Waals surface area (Å²) >= 11 is 5.81. The normalized spacial score (nSPS) is 18.2. The lowest BCUT2D eigenvalue weighted by atomic mass is 10.1. The van der Waals surface area contributed by atoms with Crippen molar-refractivity contribution in [3.05, 3.63) is 50.7 Å². The molecule has 0 atom stereocenters. The molecule has 0 unspecified atom stereocenters. The van der Waals surface area contributed by atoms with Gasteiger partial charge in [0.05, 0.1) is 24.7 Å². The highest BCUT2D eigenvalue weighted by molar-refractivity contribution is 6.29. The lowest BCUT2D eigenvalue weighted by Gasteiger charge is -2.44. The Kier molecular flexibility index (Phi) is 6.81. The molecule has 2 aliphatic rings. The molecule has 160 valence electrons. The molecule has 0 radical (unpaired) electrons. The zero-order chi connectivity index (χ0) is 21.0. The van der Waals surface area contributed by atoms with Crippen LogP contribution in [0, 0.1) is 10.1 Å². The smallest absolute Gasteiger partial charge is 0.371 e. The van der Waals surface area contributed by atoms with Crippen molar-refractivity contribution in [3.8, 4) is 0 Å². The molecule has 3 heterocycles. The highest BCUT2D eigenvalue weighted by atomic mass is 35.5. The second-order valence-corrected chi connectivity index (χ2v) is 7.30. The van der Waals surface area contributed by atoms with Crippen LogP contribution in [0.4, 0.5) is 13.2 Å². The zero-order valence-corrected chi connectivity index (χ0v) is 16.3. The van der Waals surface area contributed by atoms with Gasteiger partial charge < -0.3 is 14.5 Å². The Labute approximate surface area is 170 Å². The average Bonchev–Trinajstić information content (AvgIpc) is 2.65. The van der Waals surface area contributed by atoms with Crippen molar-refractivity contribution in [1.82, 2.24) is 19.7 Å². The minimum Gasteiger partial charge on any atom is -0.371 e. The number of hydrogen-bond acceptors (Lipinski definition) is 7. The topological polar surface area (TPSA) is 75.0 Å². The van der Waals surface area contributed by atoms with Crippen LogP contribution < -0.4 is 0 Å². The number of hydrogen-bond donors (Lipinski definition) is 0. The number of aromatic nitrogens is 1. The van der Waals surface area contributed by atoms with Gasteiger partial charge in [-0.25, -0.2) is 4.98 Å². The summed E-state index contributed by atoms with van der Waals surface area (Å²) in [5, 5.41) is 12.1. The Balaban J connectivity index is 1.70. The van der Waals surface area contributed by atoms with Crippen LogP contribution in [0.1, 0.15) is 12.0 Å². The zero-order valence-electron chi connectivity index (χ0n) is 15.6. The van der Waals surface area contributed by atoms with Gasteiger partial charge in [-0.1, -0.05) is 17.7 Å². The summed E-state index contributed by atoms with van der Waals surface area (Å²) in [5.74, 6) is 0.559. The van der Waals surface area contributed by atoms with E-state index >= 15 is 0 Å². The van der Waals surface area contributed by atoms with Gasteiger partial charge in [0.15, 0.2) is 5.82 Å². The molecule has 0 N–H and O–H groups in total.